The Kier molecular flexibility index (Phi) is 12.9. The van der Waals surface area contributed by atoms with Crippen LogP contribution in [0, 0.1) is 12.8 Å². The van der Waals surface area contributed by atoms with Crippen LogP contribution >= 0.6 is 27.7 Å². The van der Waals surface area contributed by atoms with E-state index in [9.17, 15) is 9.59 Å². The van der Waals surface area contributed by atoms with Crippen molar-refractivity contribution in [2.45, 2.75) is 64.5 Å². The van der Waals surface area contributed by atoms with Gasteiger partial charge in [-0.05, 0) is 54.0 Å². The predicted molar refractivity (Wildman–Crippen MR) is 168 cm³/mol. The maximum atomic E-state index is 13.4. The standard InChI is InChI=1S/C28H43BrN4O6SSi/c1-11-12-37-27(35)24-19(15-40-16-20(32-23(34)14-30-7)26-31-18(4)33-38-26)21(13-22(36-8)25(24)29)39-41(9,10)28(5,6)17(2)3/h11,13,17,20,30H,1,12,14-16H2,2-10H3,(H,32,34)/t20-/m0/s1. The first kappa shape index (κ1) is 34.8. The lowest BCUT2D eigenvalue weighted by atomic mass is 9.99. The fraction of sp³-hybridized carbons (Fsp3) is 0.571. The van der Waals surface area contributed by atoms with Crippen LogP contribution in [0.15, 0.2) is 27.7 Å². The lowest BCUT2D eigenvalue weighted by molar-refractivity contribution is -0.120. The van der Waals surface area contributed by atoms with Gasteiger partial charge in [-0.15, -0.1) is 0 Å². The van der Waals surface area contributed by atoms with E-state index in [4.69, 9.17) is 18.4 Å². The quantitative estimate of drug-likeness (QED) is 0.128. The molecular formula is C28H43BrN4O6SSi. The Labute approximate surface area is 257 Å². The highest BCUT2D eigenvalue weighted by Crippen LogP contribution is 2.47. The van der Waals surface area contributed by atoms with Gasteiger partial charge in [-0.25, -0.2) is 4.79 Å². The monoisotopic (exact) mass is 670 g/mol. The van der Waals surface area contributed by atoms with Crippen molar-refractivity contribution in [3.63, 3.8) is 0 Å². The number of rotatable bonds is 16. The van der Waals surface area contributed by atoms with Gasteiger partial charge >= 0.3 is 5.97 Å². The molecule has 2 aromatic rings. The number of likely N-dealkylation sites (N-methyl/N-ethyl adjacent to an activating group) is 1. The summed E-state index contributed by atoms with van der Waals surface area (Å²) in [6.07, 6.45) is 1.52. The molecule has 0 radical (unpaired) electrons. The van der Waals surface area contributed by atoms with E-state index in [1.807, 2.05) is 6.07 Å². The van der Waals surface area contributed by atoms with Gasteiger partial charge in [0, 0.05) is 23.1 Å². The molecule has 0 spiro atoms. The highest BCUT2D eigenvalue weighted by atomic mass is 79.9. The van der Waals surface area contributed by atoms with Gasteiger partial charge in [-0.3, -0.25) is 4.79 Å². The van der Waals surface area contributed by atoms with Crippen LogP contribution in [0.5, 0.6) is 11.5 Å². The molecule has 0 saturated carbocycles. The molecule has 2 rings (SSSR count). The molecule has 1 atom stereocenters. The van der Waals surface area contributed by atoms with Crippen LogP contribution in [-0.4, -0.2) is 63.4 Å². The van der Waals surface area contributed by atoms with E-state index >= 15 is 0 Å². The third-order valence-electron chi connectivity index (χ3n) is 7.46. The zero-order valence-electron chi connectivity index (χ0n) is 25.5. The van der Waals surface area contributed by atoms with Crippen LogP contribution < -0.4 is 19.8 Å². The molecule has 0 fully saturated rings. The number of hydrogen-bond donors (Lipinski definition) is 2. The van der Waals surface area contributed by atoms with Crippen molar-refractivity contribution in [1.82, 2.24) is 20.8 Å². The summed E-state index contributed by atoms with van der Waals surface area (Å²) >= 11 is 5.06. The summed E-state index contributed by atoms with van der Waals surface area (Å²) in [4.78, 5) is 30.1. The van der Waals surface area contributed by atoms with E-state index < -0.39 is 20.3 Å². The maximum Gasteiger partial charge on any atom is 0.340 e. The number of carbonyl (C=O) groups excluding carboxylic acids is 2. The van der Waals surface area contributed by atoms with Gasteiger partial charge < -0.3 is 29.1 Å². The maximum absolute atomic E-state index is 13.4. The second-order valence-corrected chi connectivity index (χ2v) is 17.3. The molecule has 0 bridgehead atoms. The second-order valence-electron chi connectivity index (χ2n) is 11.0. The number of aromatic nitrogens is 2. The van der Waals surface area contributed by atoms with E-state index in [1.54, 1.807) is 21.1 Å². The minimum atomic E-state index is -2.39. The fourth-order valence-corrected chi connectivity index (χ4v) is 8.00. The molecule has 228 valence electrons. The van der Waals surface area contributed by atoms with E-state index in [2.05, 4.69) is 84.1 Å². The van der Waals surface area contributed by atoms with Gasteiger partial charge in [0.05, 0.1) is 23.7 Å². The molecule has 41 heavy (non-hydrogen) atoms. The number of amides is 1. The van der Waals surface area contributed by atoms with E-state index in [-0.39, 0.29) is 24.1 Å². The van der Waals surface area contributed by atoms with Gasteiger partial charge in [-0.1, -0.05) is 45.5 Å². The summed E-state index contributed by atoms with van der Waals surface area (Å²) in [6.45, 7) is 18.8. The van der Waals surface area contributed by atoms with Crippen molar-refractivity contribution in [3.8, 4) is 11.5 Å². The molecule has 1 aromatic carbocycles. The summed E-state index contributed by atoms with van der Waals surface area (Å²) in [5, 5.41) is 9.57. The van der Waals surface area contributed by atoms with Gasteiger partial charge in [0.15, 0.2) is 5.82 Å². The Morgan fingerprint density at radius 3 is 2.51 bits per heavy atom. The van der Waals surface area contributed by atoms with E-state index in [1.165, 1.54) is 17.8 Å². The summed E-state index contributed by atoms with van der Waals surface area (Å²) in [7, 11) is 0.850. The van der Waals surface area contributed by atoms with Crippen LogP contribution in [0.1, 0.15) is 61.4 Å². The number of ether oxygens (including phenoxy) is 2. The summed E-state index contributed by atoms with van der Waals surface area (Å²) in [5.41, 5.74) is 0.990. The van der Waals surface area contributed by atoms with Gasteiger partial charge in [0.25, 0.3) is 8.32 Å². The fourth-order valence-electron chi connectivity index (χ4n) is 3.87. The molecule has 0 saturated heterocycles. The average molecular weight is 672 g/mol. The first-order valence-electron chi connectivity index (χ1n) is 13.4. The highest BCUT2D eigenvalue weighted by Gasteiger charge is 2.45. The molecule has 0 aliphatic carbocycles. The number of aryl methyl sites for hydroxylation is 1. The zero-order chi connectivity index (χ0) is 31.0. The van der Waals surface area contributed by atoms with Gasteiger partial charge in [-0.2, -0.15) is 16.7 Å². The SMILES string of the molecule is C=CCOC(=O)c1c(Br)c(OC)cc(O[Si](C)(C)C(C)(C)C(C)C)c1CSC[C@H](NC(=O)CNC)c1nc(C)no1. The molecule has 10 nitrogen and oxygen atoms in total. The number of nitrogens with one attached hydrogen (secondary N) is 2. The molecule has 0 unspecified atom stereocenters. The normalized spacial score (nSPS) is 12.7. The Morgan fingerprint density at radius 1 is 1.29 bits per heavy atom. The van der Waals surface area contributed by atoms with E-state index in [0.29, 0.717) is 56.2 Å². The van der Waals surface area contributed by atoms with Crippen molar-refractivity contribution in [1.29, 1.82) is 0 Å². The minimum absolute atomic E-state index is 0.0575. The minimum Gasteiger partial charge on any atom is -0.543 e. The number of carbonyl (C=O) groups is 2. The molecule has 1 heterocycles. The lowest BCUT2D eigenvalue weighted by Crippen LogP contribution is -2.48. The van der Waals surface area contributed by atoms with Crippen molar-refractivity contribution in [2.75, 3.05) is 33.1 Å². The van der Waals surface area contributed by atoms with E-state index in [0.717, 1.165) is 0 Å². The number of hydrogen-bond acceptors (Lipinski definition) is 10. The number of halogens is 1. The van der Waals surface area contributed by atoms with Crippen molar-refractivity contribution in [2.24, 2.45) is 5.92 Å². The van der Waals surface area contributed by atoms with Crippen LogP contribution in [0.25, 0.3) is 0 Å². The number of benzene rings is 1. The number of methoxy groups -OCH3 is 1. The summed E-state index contributed by atoms with van der Waals surface area (Å²) < 4.78 is 23.8. The Bertz CT molecular complexity index is 1220. The first-order chi connectivity index (χ1) is 19.2. The van der Waals surface area contributed by atoms with Gasteiger partial charge in [0.1, 0.15) is 24.1 Å². The number of nitrogens with zero attached hydrogens (tertiary/aromatic N) is 2. The summed E-state index contributed by atoms with van der Waals surface area (Å²) in [6, 6.07) is 1.29. The topological polar surface area (TPSA) is 125 Å². The van der Waals surface area contributed by atoms with Gasteiger partial charge in [0.2, 0.25) is 11.8 Å². The van der Waals surface area contributed by atoms with Crippen molar-refractivity contribution < 1.29 is 28.0 Å². The summed E-state index contributed by atoms with van der Waals surface area (Å²) in [5.74, 6) is 2.23. The molecule has 1 aromatic heterocycles. The zero-order valence-corrected chi connectivity index (χ0v) is 28.9. The smallest absolute Gasteiger partial charge is 0.340 e. The largest absolute Gasteiger partial charge is 0.543 e. The third kappa shape index (κ3) is 8.82. The molecule has 0 aliphatic heterocycles. The molecule has 1 amide bonds. The average Bonchev–Trinajstić information content (AvgIpc) is 3.33. The number of esters is 1. The first-order valence-corrected chi connectivity index (χ1v) is 18.2. The van der Waals surface area contributed by atoms with Crippen molar-refractivity contribution in [3.05, 3.63) is 46.0 Å². The van der Waals surface area contributed by atoms with Crippen LogP contribution in [0.4, 0.5) is 0 Å². The number of thioether (sulfide) groups is 1. The molecule has 13 heteroatoms. The van der Waals surface area contributed by atoms with Crippen LogP contribution in [0.2, 0.25) is 18.1 Å². The Morgan fingerprint density at radius 2 is 1.98 bits per heavy atom. The lowest BCUT2D eigenvalue weighted by Gasteiger charge is -2.43. The van der Waals surface area contributed by atoms with Crippen LogP contribution in [0.3, 0.4) is 0 Å². The third-order valence-corrected chi connectivity index (χ3v) is 13.7. The predicted octanol–water partition coefficient (Wildman–Crippen LogP) is 5.82. The molecular weight excluding hydrogens is 628 g/mol. The van der Waals surface area contributed by atoms with Crippen molar-refractivity contribution >= 4 is 47.9 Å². The second kappa shape index (κ2) is 15.2. The molecule has 0 aliphatic rings. The van der Waals surface area contributed by atoms with Crippen LogP contribution in [-0.2, 0) is 15.3 Å². The Balaban J connectivity index is 2.55. The highest BCUT2D eigenvalue weighted by molar-refractivity contribution is 9.10. The molecule has 2 N–H and O–H groups in total. The Hall–Kier alpha value is -2.35.